The number of nitrogens with one attached hydrogen (secondary N) is 1. The maximum Gasteiger partial charge on any atom is 0.337 e. The molecule has 0 unspecified atom stereocenters. The number of hydrogen-bond acceptors (Lipinski definition) is 3. The lowest BCUT2D eigenvalue weighted by Gasteiger charge is -2.35. The average molecular weight is 248 g/mol. The molecule has 1 aromatic heterocycles. The van der Waals surface area contributed by atoms with E-state index in [1.165, 1.54) is 25.1 Å². The predicted molar refractivity (Wildman–Crippen MR) is 70.9 cm³/mol. The van der Waals surface area contributed by atoms with E-state index in [0.717, 1.165) is 12.8 Å². The normalized spacial score (nSPS) is 19.4. The third kappa shape index (κ3) is 3.00. The van der Waals surface area contributed by atoms with Crippen molar-refractivity contribution in [2.24, 2.45) is 5.41 Å². The topological polar surface area (TPSA) is 62.2 Å². The molecule has 4 heteroatoms. The fraction of sp³-hybridized carbons (Fsp3) is 0.571. The summed E-state index contributed by atoms with van der Waals surface area (Å²) in [5, 5.41) is 12.4. The molecule has 0 spiro atoms. The number of pyridine rings is 1. The molecule has 1 fully saturated rings. The molecule has 4 nitrogen and oxygen atoms in total. The largest absolute Gasteiger partial charge is 0.478 e. The van der Waals surface area contributed by atoms with Crippen LogP contribution in [0.15, 0.2) is 18.5 Å². The lowest BCUT2D eigenvalue weighted by atomic mass is 9.75. The van der Waals surface area contributed by atoms with Crippen LogP contribution < -0.4 is 5.32 Å². The molecule has 1 aliphatic rings. The molecule has 2 N–H and O–H groups in total. The minimum Gasteiger partial charge on any atom is -0.478 e. The van der Waals surface area contributed by atoms with Crippen LogP contribution in [-0.2, 0) is 0 Å². The summed E-state index contributed by atoms with van der Waals surface area (Å²) in [5.74, 6) is -0.906. The van der Waals surface area contributed by atoms with Crippen molar-refractivity contribution < 1.29 is 9.90 Å². The monoisotopic (exact) mass is 248 g/mol. The first-order chi connectivity index (χ1) is 8.48. The summed E-state index contributed by atoms with van der Waals surface area (Å²) in [4.78, 5) is 15.1. The van der Waals surface area contributed by atoms with Gasteiger partial charge < -0.3 is 10.4 Å². The molecule has 0 atom stereocenters. The van der Waals surface area contributed by atoms with Crippen LogP contribution >= 0.6 is 0 Å². The molecule has 0 aliphatic heterocycles. The molecule has 1 aliphatic carbocycles. The second-order valence-electron chi connectivity index (χ2n) is 5.81. The van der Waals surface area contributed by atoms with Gasteiger partial charge in [-0.1, -0.05) is 13.8 Å². The summed E-state index contributed by atoms with van der Waals surface area (Å²) in [5.41, 5.74) is 1.35. The predicted octanol–water partition coefficient (Wildman–Crippen LogP) is 3.16. The molecule has 18 heavy (non-hydrogen) atoms. The molecule has 0 amide bonds. The van der Waals surface area contributed by atoms with Crippen LogP contribution in [0.4, 0.5) is 5.69 Å². The number of hydrogen-bond donors (Lipinski definition) is 2. The van der Waals surface area contributed by atoms with E-state index in [-0.39, 0.29) is 0 Å². The molecule has 0 saturated heterocycles. The van der Waals surface area contributed by atoms with Gasteiger partial charge in [-0.2, -0.15) is 0 Å². The Bertz CT molecular complexity index is 433. The van der Waals surface area contributed by atoms with Gasteiger partial charge in [0.1, 0.15) is 0 Å². The first kappa shape index (κ1) is 12.9. The number of rotatable bonds is 3. The summed E-state index contributed by atoms with van der Waals surface area (Å²) in [6.07, 6.45) is 7.63. The Morgan fingerprint density at radius 2 is 2.11 bits per heavy atom. The molecule has 98 valence electrons. The zero-order valence-corrected chi connectivity index (χ0v) is 10.9. The Morgan fingerprint density at radius 3 is 2.72 bits per heavy atom. The quantitative estimate of drug-likeness (QED) is 0.862. The van der Waals surface area contributed by atoms with Gasteiger partial charge in [-0.15, -0.1) is 0 Å². The number of aromatic nitrogens is 1. The van der Waals surface area contributed by atoms with Crippen molar-refractivity contribution in [2.75, 3.05) is 5.32 Å². The fourth-order valence-corrected chi connectivity index (χ4v) is 2.46. The number of carbonyl (C=O) groups is 1. The molecule has 0 radical (unpaired) electrons. The maximum absolute atomic E-state index is 11.1. The highest BCUT2D eigenvalue weighted by Crippen LogP contribution is 2.36. The highest BCUT2D eigenvalue weighted by atomic mass is 16.4. The molecular formula is C14H20N2O2. The van der Waals surface area contributed by atoms with Gasteiger partial charge in [-0.25, -0.2) is 4.79 Å². The number of nitrogens with zero attached hydrogens (tertiary/aromatic N) is 1. The van der Waals surface area contributed by atoms with Gasteiger partial charge in [0.25, 0.3) is 0 Å². The number of carboxylic acids is 1. The van der Waals surface area contributed by atoms with Crippen molar-refractivity contribution in [3.05, 3.63) is 24.0 Å². The molecule has 1 heterocycles. The van der Waals surface area contributed by atoms with E-state index in [4.69, 9.17) is 5.11 Å². The molecule has 0 aromatic carbocycles. The Labute approximate surface area is 107 Å². The summed E-state index contributed by atoms with van der Waals surface area (Å²) < 4.78 is 0. The van der Waals surface area contributed by atoms with Crippen molar-refractivity contribution in [2.45, 2.75) is 45.6 Å². The minimum absolute atomic E-state index is 0.301. The highest BCUT2D eigenvalue weighted by Gasteiger charge is 2.27. The lowest BCUT2D eigenvalue weighted by Crippen LogP contribution is -2.30. The van der Waals surface area contributed by atoms with Gasteiger partial charge >= 0.3 is 5.97 Å². The molecule has 2 rings (SSSR count). The Hall–Kier alpha value is -1.58. The van der Waals surface area contributed by atoms with Gasteiger partial charge in [0.05, 0.1) is 17.4 Å². The average Bonchev–Trinajstić information content (AvgIpc) is 2.32. The molecule has 1 aromatic rings. The van der Waals surface area contributed by atoms with E-state index in [2.05, 4.69) is 24.1 Å². The minimum atomic E-state index is -0.906. The van der Waals surface area contributed by atoms with Gasteiger partial charge in [-0.3, -0.25) is 4.98 Å². The zero-order valence-electron chi connectivity index (χ0n) is 10.9. The first-order valence-electron chi connectivity index (χ1n) is 6.42. The van der Waals surface area contributed by atoms with Crippen molar-refractivity contribution in [3.63, 3.8) is 0 Å². The standard InChI is InChI=1S/C14H20N2O2/c1-14(2)6-3-10(4-7-14)16-12-9-15-8-5-11(12)13(17)18/h5,8-10,16H,3-4,6-7H2,1-2H3,(H,17,18). The number of aromatic carboxylic acids is 1. The van der Waals surface area contributed by atoms with E-state index in [1.54, 1.807) is 6.20 Å². The summed E-state index contributed by atoms with van der Waals surface area (Å²) in [6.45, 7) is 4.58. The van der Waals surface area contributed by atoms with Crippen LogP contribution in [0.5, 0.6) is 0 Å². The lowest BCUT2D eigenvalue weighted by molar-refractivity contribution is 0.0697. The van der Waals surface area contributed by atoms with Crippen molar-refractivity contribution in [1.82, 2.24) is 4.98 Å². The highest BCUT2D eigenvalue weighted by molar-refractivity contribution is 5.93. The Morgan fingerprint density at radius 1 is 1.44 bits per heavy atom. The van der Waals surface area contributed by atoms with Crippen LogP contribution in [0.2, 0.25) is 0 Å². The van der Waals surface area contributed by atoms with Crippen LogP contribution in [0.3, 0.4) is 0 Å². The number of anilines is 1. The van der Waals surface area contributed by atoms with E-state index in [9.17, 15) is 4.79 Å². The summed E-state index contributed by atoms with van der Waals surface area (Å²) in [6, 6.07) is 1.90. The van der Waals surface area contributed by atoms with Crippen LogP contribution in [0.1, 0.15) is 49.9 Å². The third-order valence-electron chi connectivity index (χ3n) is 3.75. The van der Waals surface area contributed by atoms with Gasteiger partial charge in [0.15, 0.2) is 0 Å². The van der Waals surface area contributed by atoms with Crippen molar-refractivity contribution >= 4 is 11.7 Å². The molecule has 0 bridgehead atoms. The SMILES string of the molecule is CC1(C)CCC(Nc2cnccc2C(=O)O)CC1. The van der Waals surface area contributed by atoms with E-state index < -0.39 is 5.97 Å². The number of carboxylic acid groups (broad SMARTS) is 1. The van der Waals surface area contributed by atoms with Gasteiger partial charge in [-0.05, 0) is 37.2 Å². The second kappa shape index (κ2) is 4.96. The third-order valence-corrected chi connectivity index (χ3v) is 3.75. The van der Waals surface area contributed by atoms with Crippen LogP contribution in [-0.4, -0.2) is 22.1 Å². The van der Waals surface area contributed by atoms with Crippen LogP contribution in [0, 0.1) is 5.41 Å². The second-order valence-corrected chi connectivity index (χ2v) is 5.81. The van der Waals surface area contributed by atoms with E-state index in [1.807, 2.05) is 0 Å². The molecule has 1 saturated carbocycles. The Balaban J connectivity index is 2.04. The maximum atomic E-state index is 11.1. The van der Waals surface area contributed by atoms with Crippen molar-refractivity contribution in [1.29, 1.82) is 0 Å². The van der Waals surface area contributed by atoms with Crippen LogP contribution in [0.25, 0.3) is 0 Å². The Kier molecular flexibility index (Phi) is 3.55. The zero-order chi connectivity index (χ0) is 13.2. The molecular weight excluding hydrogens is 228 g/mol. The summed E-state index contributed by atoms with van der Waals surface area (Å²) in [7, 11) is 0. The van der Waals surface area contributed by atoms with Gasteiger partial charge in [0, 0.05) is 12.2 Å². The van der Waals surface area contributed by atoms with Gasteiger partial charge in [0.2, 0.25) is 0 Å². The van der Waals surface area contributed by atoms with E-state index in [0.29, 0.717) is 22.7 Å². The fourth-order valence-electron chi connectivity index (χ4n) is 2.46. The van der Waals surface area contributed by atoms with Crippen molar-refractivity contribution in [3.8, 4) is 0 Å². The first-order valence-corrected chi connectivity index (χ1v) is 6.42. The van der Waals surface area contributed by atoms with E-state index >= 15 is 0 Å². The summed E-state index contributed by atoms with van der Waals surface area (Å²) >= 11 is 0. The smallest absolute Gasteiger partial charge is 0.337 e.